The molecule has 2 atom stereocenters. The van der Waals surface area contributed by atoms with Crippen LogP contribution in [0.25, 0.3) is 0 Å². The molecule has 1 aromatic carbocycles. The Balaban J connectivity index is 1.38. The third-order valence-electron chi connectivity index (χ3n) is 5.70. The third kappa shape index (κ3) is 3.63. The zero-order valence-corrected chi connectivity index (χ0v) is 17.3. The van der Waals surface area contributed by atoms with Gasteiger partial charge in [-0.1, -0.05) is 17.7 Å². The lowest BCUT2D eigenvalue weighted by Gasteiger charge is -2.25. The summed E-state index contributed by atoms with van der Waals surface area (Å²) in [5, 5.41) is 0.969. The lowest BCUT2D eigenvalue weighted by molar-refractivity contribution is -0.134. The second-order valence-corrected chi connectivity index (χ2v) is 8.87. The number of hydrogen-bond acceptors (Lipinski definition) is 5. The molecular formula is C21H25N3O3S. The predicted octanol–water partition coefficient (Wildman–Crippen LogP) is 2.85. The van der Waals surface area contributed by atoms with Crippen molar-refractivity contribution in [1.29, 1.82) is 0 Å². The maximum Gasteiger partial charge on any atom is 0.260 e. The second-order valence-electron chi connectivity index (χ2n) is 7.59. The first-order valence-electron chi connectivity index (χ1n) is 9.63. The number of aromatic nitrogens is 1. The smallest absolute Gasteiger partial charge is 0.260 e. The molecule has 2 aromatic rings. The molecule has 2 saturated heterocycles. The number of likely N-dealkylation sites (tertiary alicyclic amines) is 2. The molecule has 4 rings (SSSR count). The zero-order chi connectivity index (χ0) is 19.8. The first kappa shape index (κ1) is 18.9. The van der Waals surface area contributed by atoms with Crippen molar-refractivity contribution >= 4 is 23.2 Å². The van der Waals surface area contributed by atoms with E-state index in [1.165, 1.54) is 4.88 Å². The van der Waals surface area contributed by atoms with Crippen molar-refractivity contribution in [3.63, 3.8) is 0 Å². The Hall–Kier alpha value is -2.41. The summed E-state index contributed by atoms with van der Waals surface area (Å²) in [5.41, 5.74) is 2.18. The van der Waals surface area contributed by atoms with Crippen molar-refractivity contribution in [2.75, 3.05) is 13.2 Å². The van der Waals surface area contributed by atoms with Crippen LogP contribution in [-0.2, 0) is 16.1 Å². The van der Waals surface area contributed by atoms with E-state index in [-0.39, 0.29) is 30.5 Å². The van der Waals surface area contributed by atoms with Crippen LogP contribution in [0.5, 0.6) is 5.75 Å². The van der Waals surface area contributed by atoms with Gasteiger partial charge in [0.15, 0.2) is 6.61 Å². The van der Waals surface area contributed by atoms with E-state index in [1.54, 1.807) is 11.3 Å². The van der Waals surface area contributed by atoms with Gasteiger partial charge in [0.2, 0.25) is 5.91 Å². The maximum atomic E-state index is 12.7. The lowest BCUT2D eigenvalue weighted by atomic mass is 10.1. The highest BCUT2D eigenvalue weighted by atomic mass is 32.1. The quantitative estimate of drug-likeness (QED) is 0.776. The monoisotopic (exact) mass is 399 g/mol. The minimum absolute atomic E-state index is 0.00530. The molecule has 2 aliphatic rings. The molecule has 6 nitrogen and oxygen atoms in total. The number of rotatable bonds is 5. The van der Waals surface area contributed by atoms with Crippen LogP contribution >= 0.6 is 11.3 Å². The SMILES string of the molecule is Cc1ccc(OCC(=O)N2CCC3C2CC(=O)N3Cc2nc(C)c(C)s2)cc1. The van der Waals surface area contributed by atoms with E-state index in [0.717, 1.165) is 22.7 Å². The summed E-state index contributed by atoms with van der Waals surface area (Å²) in [6.07, 6.45) is 1.21. The number of nitrogens with zero attached hydrogens (tertiary/aromatic N) is 3. The number of amides is 2. The van der Waals surface area contributed by atoms with Gasteiger partial charge < -0.3 is 14.5 Å². The molecule has 0 spiro atoms. The Labute approximate surface area is 169 Å². The minimum Gasteiger partial charge on any atom is -0.484 e. The summed E-state index contributed by atoms with van der Waals surface area (Å²) in [6.45, 7) is 7.28. The Morgan fingerprint density at radius 1 is 1.21 bits per heavy atom. The summed E-state index contributed by atoms with van der Waals surface area (Å²) in [6, 6.07) is 7.69. The second kappa shape index (κ2) is 7.54. The molecule has 1 aromatic heterocycles. The molecule has 0 aliphatic carbocycles. The van der Waals surface area contributed by atoms with Crippen LogP contribution in [0.1, 0.15) is 34.0 Å². The molecule has 2 fully saturated rings. The molecule has 148 valence electrons. The number of hydrogen-bond donors (Lipinski definition) is 0. The molecule has 2 unspecified atom stereocenters. The van der Waals surface area contributed by atoms with Crippen LogP contribution in [0.3, 0.4) is 0 Å². The van der Waals surface area contributed by atoms with Gasteiger partial charge in [-0.3, -0.25) is 9.59 Å². The van der Waals surface area contributed by atoms with Gasteiger partial charge in [-0.05, 0) is 39.3 Å². The summed E-state index contributed by atoms with van der Waals surface area (Å²) in [5.74, 6) is 0.745. The standard InChI is InChI=1S/C21H25N3O3S/c1-13-4-6-16(7-5-13)27-12-21(26)23-9-8-17-18(23)10-20(25)24(17)11-19-22-14(2)15(3)28-19/h4-7,17-18H,8-12H2,1-3H3. The van der Waals surface area contributed by atoms with Crippen LogP contribution < -0.4 is 4.74 Å². The lowest BCUT2D eigenvalue weighted by Crippen LogP contribution is -2.41. The van der Waals surface area contributed by atoms with Crippen LogP contribution in [0.4, 0.5) is 0 Å². The number of fused-ring (bicyclic) bond motifs is 1. The predicted molar refractivity (Wildman–Crippen MR) is 107 cm³/mol. The Morgan fingerprint density at radius 3 is 2.64 bits per heavy atom. The van der Waals surface area contributed by atoms with Crippen LogP contribution in [0.2, 0.25) is 0 Å². The Bertz CT molecular complexity index is 873. The number of thiazole rings is 1. The van der Waals surface area contributed by atoms with Gasteiger partial charge in [-0.2, -0.15) is 0 Å². The molecule has 3 heterocycles. The van der Waals surface area contributed by atoms with E-state index in [1.807, 2.05) is 47.9 Å². The van der Waals surface area contributed by atoms with E-state index in [4.69, 9.17) is 4.74 Å². The van der Waals surface area contributed by atoms with Crippen molar-refractivity contribution < 1.29 is 14.3 Å². The van der Waals surface area contributed by atoms with E-state index in [2.05, 4.69) is 11.9 Å². The first-order chi connectivity index (χ1) is 13.4. The summed E-state index contributed by atoms with van der Waals surface area (Å²) in [4.78, 5) is 34.8. The number of benzene rings is 1. The molecule has 2 aliphatic heterocycles. The van der Waals surface area contributed by atoms with Crippen LogP contribution in [0, 0.1) is 20.8 Å². The van der Waals surface area contributed by atoms with Crippen molar-refractivity contribution in [3.8, 4) is 5.75 Å². The van der Waals surface area contributed by atoms with Crippen LogP contribution in [-0.4, -0.2) is 51.8 Å². The number of carbonyl (C=O) groups is 2. The number of carbonyl (C=O) groups excluding carboxylic acids is 2. The van der Waals surface area contributed by atoms with Crippen molar-refractivity contribution in [1.82, 2.24) is 14.8 Å². The summed E-state index contributed by atoms with van der Waals surface area (Å²) >= 11 is 1.65. The highest BCUT2D eigenvalue weighted by Gasteiger charge is 2.48. The van der Waals surface area contributed by atoms with Crippen molar-refractivity contribution in [2.45, 2.75) is 52.2 Å². The van der Waals surface area contributed by atoms with E-state index < -0.39 is 0 Å². The molecule has 2 amide bonds. The minimum atomic E-state index is -0.0522. The Kier molecular flexibility index (Phi) is 5.10. The first-order valence-corrected chi connectivity index (χ1v) is 10.5. The average Bonchev–Trinajstić information content (AvgIpc) is 3.30. The fourth-order valence-electron chi connectivity index (χ4n) is 4.06. The largest absolute Gasteiger partial charge is 0.484 e. The van der Waals surface area contributed by atoms with Gasteiger partial charge in [0, 0.05) is 17.8 Å². The van der Waals surface area contributed by atoms with Gasteiger partial charge >= 0.3 is 0 Å². The molecular weight excluding hydrogens is 374 g/mol. The third-order valence-corrected chi connectivity index (χ3v) is 6.75. The fourth-order valence-corrected chi connectivity index (χ4v) is 4.99. The molecule has 28 heavy (non-hydrogen) atoms. The molecule has 7 heteroatoms. The van der Waals surface area contributed by atoms with Gasteiger partial charge in [-0.25, -0.2) is 4.98 Å². The molecule has 0 N–H and O–H groups in total. The maximum absolute atomic E-state index is 12.7. The van der Waals surface area contributed by atoms with Crippen LogP contribution in [0.15, 0.2) is 24.3 Å². The topological polar surface area (TPSA) is 62.7 Å². The van der Waals surface area contributed by atoms with Gasteiger partial charge in [0.25, 0.3) is 5.91 Å². The summed E-state index contributed by atoms with van der Waals surface area (Å²) in [7, 11) is 0. The fraction of sp³-hybridized carbons (Fsp3) is 0.476. The van der Waals surface area contributed by atoms with E-state index >= 15 is 0 Å². The summed E-state index contributed by atoms with van der Waals surface area (Å²) < 4.78 is 5.65. The van der Waals surface area contributed by atoms with E-state index in [9.17, 15) is 9.59 Å². The molecule has 0 radical (unpaired) electrons. The van der Waals surface area contributed by atoms with E-state index in [0.29, 0.717) is 25.3 Å². The molecule has 0 bridgehead atoms. The Morgan fingerprint density at radius 2 is 1.96 bits per heavy atom. The molecule has 0 saturated carbocycles. The zero-order valence-electron chi connectivity index (χ0n) is 16.5. The number of ether oxygens (including phenoxy) is 1. The van der Waals surface area contributed by atoms with Gasteiger partial charge in [0.05, 0.1) is 24.3 Å². The normalized spacial score (nSPS) is 21.3. The van der Waals surface area contributed by atoms with Crippen molar-refractivity contribution in [2.24, 2.45) is 0 Å². The number of aryl methyl sites for hydroxylation is 3. The highest BCUT2D eigenvalue weighted by Crippen LogP contribution is 2.34. The van der Waals surface area contributed by atoms with Crippen molar-refractivity contribution in [3.05, 3.63) is 45.4 Å². The van der Waals surface area contributed by atoms with Gasteiger partial charge in [-0.15, -0.1) is 11.3 Å². The van der Waals surface area contributed by atoms with Gasteiger partial charge in [0.1, 0.15) is 10.8 Å². The average molecular weight is 400 g/mol. The highest BCUT2D eigenvalue weighted by molar-refractivity contribution is 7.11.